The quantitative estimate of drug-likeness (QED) is 0.869. The van der Waals surface area contributed by atoms with Gasteiger partial charge in [-0.1, -0.05) is 18.2 Å². The molecule has 2 aliphatic rings. The number of nitrogens with zero attached hydrogens (tertiary/aromatic N) is 2. The first-order valence-corrected chi connectivity index (χ1v) is 9.19. The summed E-state index contributed by atoms with van der Waals surface area (Å²) in [5, 5.41) is 3.26. The molecule has 6 nitrogen and oxygen atoms in total. The average Bonchev–Trinajstić information content (AvgIpc) is 2.69. The summed E-state index contributed by atoms with van der Waals surface area (Å²) in [6.07, 6.45) is 2.13. The number of hydrogen-bond acceptors (Lipinski definition) is 4. The van der Waals surface area contributed by atoms with Gasteiger partial charge in [-0.3, -0.25) is 9.59 Å². The van der Waals surface area contributed by atoms with Crippen LogP contribution in [0.25, 0.3) is 0 Å². The lowest BCUT2D eigenvalue weighted by Crippen LogP contribution is -2.52. The van der Waals surface area contributed by atoms with Crippen molar-refractivity contribution >= 4 is 11.8 Å². The number of piperazine rings is 1. The second-order valence-electron chi connectivity index (χ2n) is 6.67. The van der Waals surface area contributed by atoms with E-state index in [1.165, 1.54) is 0 Å². The highest BCUT2D eigenvalue weighted by molar-refractivity contribution is 5.81. The van der Waals surface area contributed by atoms with Crippen LogP contribution in [-0.4, -0.2) is 67.5 Å². The fourth-order valence-electron chi connectivity index (χ4n) is 3.48. The van der Waals surface area contributed by atoms with E-state index in [0.717, 1.165) is 51.3 Å². The van der Waals surface area contributed by atoms with Crippen LogP contribution in [-0.2, 0) is 9.59 Å². The molecule has 1 aromatic carbocycles. The molecular formula is C19H27N3O3. The van der Waals surface area contributed by atoms with Gasteiger partial charge in [-0.05, 0) is 25.0 Å². The van der Waals surface area contributed by atoms with Gasteiger partial charge in [-0.25, -0.2) is 0 Å². The van der Waals surface area contributed by atoms with Crippen molar-refractivity contribution in [2.75, 3.05) is 45.9 Å². The second kappa shape index (κ2) is 8.85. The summed E-state index contributed by atoms with van der Waals surface area (Å²) in [5.74, 6) is 1.01. The zero-order chi connectivity index (χ0) is 17.5. The van der Waals surface area contributed by atoms with E-state index in [-0.39, 0.29) is 17.7 Å². The van der Waals surface area contributed by atoms with Crippen LogP contribution in [0.2, 0.25) is 0 Å². The van der Waals surface area contributed by atoms with Crippen molar-refractivity contribution in [3.8, 4) is 5.75 Å². The molecule has 2 amide bonds. The van der Waals surface area contributed by atoms with Gasteiger partial charge >= 0.3 is 0 Å². The maximum Gasteiger partial charge on any atom is 0.227 e. The highest BCUT2D eigenvalue weighted by atomic mass is 16.5. The number of ether oxygens (including phenoxy) is 1. The summed E-state index contributed by atoms with van der Waals surface area (Å²) in [7, 11) is 0. The molecular weight excluding hydrogens is 318 g/mol. The number of benzene rings is 1. The average molecular weight is 345 g/mol. The number of nitrogens with one attached hydrogen (secondary N) is 1. The Balaban J connectivity index is 1.45. The van der Waals surface area contributed by atoms with Gasteiger partial charge in [0.25, 0.3) is 0 Å². The molecule has 1 N–H and O–H groups in total. The molecule has 3 rings (SSSR count). The van der Waals surface area contributed by atoms with E-state index >= 15 is 0 Å². The second-order valence-corrected chi connectivity index (χ2v) is 6.67. The molecule has 1 atom stereocenters. The van der Waals surface area contributed by atoms with Gasteiger partial charge in [-0.2, -0.15) is 0 Å². The lowest BCUT2D eigenvalue weighted by molar-refractivity contribution is -0.141. The maximum absolute atomic E-state index is 12.7. The Hall–Kier alpha value is -2.08. The van der Waals surface area contributed by atoms with E-state index in [0.29, 0.717) is 19.6 Å². The number of para-hydroxylation sites is 1. The van der Waals surface area contributed by atoms with Gasteiger partial charge in [0.1, 0.15) is 5.75 Å². The molecule has 0 aliphatic carbocycles. The Morgan fingerprint density at radius 2 is 1.84 bits per heavy atom. The lowest BCUT2D eigenvalue weighted by Gasteiger charge is -2.36. The molecule has 25 heavy (non-hydrogen) atoms. The normalized spacial score (nSPS) is 21.0. The first-order chi connectivity index (χ1) is 12.2. The number of carbonyl (C=O) groups is 2. The largest absolute Gasteiger partial charge is 0.493 e. The first-order valence-electron chi connectivity index (χ1n) is 9.19. The van der Waals surface area contributed by atoms with Crippen molar-refractivity contribution in [1.29, 1.82) is 0 Å². The molecule has 2 fully saturated rings. The topological polar surface area (TPSA) is 61.9 Å². The third-order valence-electron chi connectivity index (χ3n) is 4.88. The van der Waals surface area contributed by atoms with Crippen LogP contribution in [0.3, 0.4) is 0 Å². The van der Waals surface area contributed by atoms with E-state index in [2.05, 4.69) is 5.32 Å². The zero-order valence-electron chi connectivity index (χ0n) is 14.7. The predicted octanol–water partition coefficient (Wildman–Crippen LogP) is 1.13. The van der Waals surface area contributed by atoms with Crippen molar-refractivity contribution in [3.05, 3.63) is 30.3 Å². The van der Waals surface area contributed by atoms with Gasteiger partial charge < -0.3 is 19.9 Å². The predicted molar refractivity (Wildman–Crippen MR) is 95.3 cm³/mol. The molecule has 2 heterocycles. The Morgan fingerprint density at radius 1 is 1.08 bits per heavy atom. The van der Waals surface area contributed by atoms with E-state index in [9.17, 15) is 9.59 Å². The molecule has 1 unspecified atom stereocenters. The summed E-state index contributed by atoms with van der Waals surface area (Å²) in [6, 6.07) is 9.52. The molecule has 1 aromatic rings. The fourth-order valence-corrected chi connectivity index (χ4v) is 3.48. The molecule has 0 radical (unpaired) electrons. The minimum atomic E-state index is -0.0501. The number of hydrogen-bond donors (Lipinski definition) is 1. The van der Waals surface area contributed by atoms with Crippen molar-refractivity contribution in [2.24, 2.45) is 5.92 Å². The Labute approximate surface area is 149 Å². The lowest BCUT2D eigenvalue weighted by atomic mass is 9.96. The van der Waals surface area contributed by atoms with Crippen LogP contribution >= 0.6 is 0 Å². The first kappa shape index (κ1) is 17.7. The standard InChI is InChI=1S/C19H27N3O3/c23-18(8-14-25-17-6-2-1-3-7-17)22-11-4-5-16(15-22)19(24)21-12-9-20-10-13-21/h1-3,6-7,16,20H,4-5,8-15H2. The Bertz CT molecular complexity index is 573. The van der Waals surface area contributed by atoms with E-state index in [1.807, 2.05) is 40.1 Å². The van der Waals surface area contributed by atoms with Crippen LogP contribution < -0.4 is 10.1 Å². The fraction of sp³-hybridized carbons (Fsp3) is 0.579. The van der Waals surface area contributed by atoms with Crippen molar-refractivity contribution in [3.63, 3.8) is 0 Å². The third kappa shape index (κ3) is 4.95. The minimum absolute atomic E-state index is 0.0501. The highest BCUT2D eigenvalue weighted by Gasteiger charge is 2.31. The third-order valence-corrected chi connectivity index (χ3v) is 4.88. The van der Waals surface area contributed by atoms with Crippen molar-refractivity contribution < 1.29 is 14.3 Å². The van der Waals surface area contributed by atoms with Crippen molar-refractivity contribution in [1.82, 2.24) is 15.1 Å². The summed E-state index contributed by atoms with van der Waals surface area (Å²) >= 11 is 0. The molecule has 136 valence electrons. The number of amides is 2. The molecule has 0 saturated carbocycles. The number of carbonyl (C=O) groups excluding carboxylic acids is 2. The van der Waals surface area contributed by atoms with Crippen molar-refractivity contribution in [2.45, 2.75) is 19.3 Å². The smallest absolute Gasteiger partial charge is 0.227 e. The van der Waals surface area contributed by atoms with Crippen LogP contribution in [0.5, 0.6) is 5.75 Å². The van der Waals surface area contributed by atoms with E-state index < -0.39 is 0 Å². The Kier molecular flexibility index (Phi) is 6.28. The molecule has 6 heteroatoms. The minimum Gasteiger partial charge on any atom is -0.493 e. The monoisotopic (exact) mass is 345 g/mol. The maximum atomic E-state index is 12.7. The summed E-state index contributed by atoms with van der Waals surface area (Å²) in [4.78, 5) is 28.9. The van der Waals surface area contributed by atoms with Gasteiger partial charge in [-0.15, -0.1) is 0 Å². The van der Waals surface area contributed by atoms with Crippen LogP contribution in [0.1, 0.15) is 19.3 Å². The number of likely N-dealkylation sites (tertiary alicyclic amines) is 1. The molecule has 2 saturated heterocycles. The van der Waals surface area contributed by atoms with Crippen LogP contribution in [0.15, 0.2) is 30.3 Å². The van der Waals surface area contributed by atoms with Gasteiger partial charge in [0.2, 0.25) is 11.8 Å². The Morgan fingerprint density at radius 3 is 2.60 bits per heavy atom. The molecule has 2 aliphatic heterocycles. The van der Waals surface area contributed by atoms with E-state index in [4.69, 9.17) is 4.74 Å². The van der Waals surface area contributed by atoms with Gasteiger partial charge in [0.05, 0.1) is 18.9 Å². The SMILES string of the molecule is O=C(CCOc1ccccc1)N1CCCC(C(=O)N2CCNCC2)C1. The zero-order valence-corrected chi connectivity index (χ0v) is 14.7. The molecule has 0 aromatic heterocycles. The van der Waals surface area contributed by atoms with Crippen LogP contribution in [0, 0.1) is 5.92 Å². The summed E-state index contributed by atoms with van der Waals surface area (Å²) < 4.78 is 5.61. The van der Waals surface area contributed by atoms with Gasteiger partial charge in [0.15, 0.2) is 0 Å². The van der Waals surface area contributed by atoms with Gasteiger partial charge in [0, 0.05) is 39.3 Å². The number of rotatable bonds is 5. The van der Waals surface area contributed by atoms with Crippen LogP contribution in [0.4, 0.5) is 0 Å². The molecule has 0 bridgehead atoms. The number of piperidine rings is 1. The highest BCUT2D eigenvalue weighted by Crippen LogP contribution is 2.20. The molecule has 0 spiro atoms. The summed E-state index contributed by atoms with van der Waals surface area (Å²) in [6.45, 7) is 4.93. The van der Waals surface area contributed by atoms with E-state index in [1.54, 1.807) is 0 Å². The summed E-state index contributed by atoms with van der Waals surface area (Å²) in [5.41, 5.74) is 0.